The quantitative estimate of drug-likeness (QED) is 0.745. The summed E-state index contributed by atoms with van der Waals surface area (Å²) in [6.45, 7) is 4.98. The Bertz CT molecular complexity index is 335. The maximum atomic E-state index is 10.0. The molecule has 0 saturated heterocycles. The highest BCUT2D eigenvalue weighted by molar-refractivity contribution is 5.21. The van der Waals surface area contributed by atoms with Crippen molar-refractivity contribution in [2.45, 2.75) is 38.7 Å². The molecule has 3 nitrogen and oxygen atoms in total. The van der Waals surface area contributed by atoms with Gasteiger partial charge in [-0.05, 0) is 38.3 Å². The molecule has 0 aliphatic rings. The Balaban J connectivity index is 2.40. The zero-order valence-electron chi connectivity index (χ0n) is 12.2. The van der Waals surface area contributed by atoms with Crippen LogP contribution in [-0.2, 0) is 4.74 Å². The van der Waals surface area contributed by atoms with Gasteiger partial charge in [0.15, 0.2) is 0 Å². The standard InChI is InChI=1S/C16H25O3/c1-4-16(2,17)11-10-14(12-18-3)13-19-15-8-6-5-7-9-15/h5-9,17H,4,10-13H2,1-3H3. The lowest BCUT2D eigenvalue weighted by Crippen LogP contribution is -2.25. The summed E-state index contributed by atoms with van der Waals surface area (Å²) in [6, 6.07) is 9.74. The smallest absolute Gasteiger partial charge is 0.119 e. The van der Waals surface area contributed by atoms with E-state index in [1.165, 1.54) is 5.92 Å². The largest absolute Gasteiger partial charge is 0.493 e. The Kier molecular flexibility index (Phi) is 6.89. The van der Waals surface area contributed by atoms with Crippen LogP contribution in [0.5, 0.6) is 5.75 Å². The highest BCUT2D eigenvalue weighted by atomic mass is 16.5. The molecule has 1 N–H and O–H groups in total. The number of aliphatic hydroxyl groups is 1. The molecular formula is C16H25O3. The Morgan fingerprint density at radius 3 is 2.47 bits per heavy atom. The summed E-state index contributed by atoms with van der Waals surface area (Å²) in [5.74, 6) is 2.03. The third-order valence-electron chi connectivity index (χ3n) is 3.31. The third kappa shape index (κ3) is 6.60. The van der Waals surface area contributed by atoms with E-state index in [-0.39, 0.29) is 0 Å². The molecule has 1 radical (unpaired) electrons. The molecule has 0 heterocycles. The second kappa shape index (κ2) is 8.18. The minimum atomic E-state index is -0.605. The summed E-state index contributed by atoms with van der Waals surface area (Å²) < 4.78 is 10.9. The maximum absolute atomic E-state index is 10.0. The number of benzene rings is 1. The summed E-state index contributed by atoms with van der Waals surface area (Å²) in [5.41, 5.74) is -0.605. The van der Waals surface area contributed by atoms with E-state index >= 15 is 0 Å². The lowest BCUT2D eigenvalue weighted by Gasteiger charge is -2.24. The van der Waals surface area contributed by atoms with Gasteiger partial charge in [0.05, 0.1) is 18.8 Å². The summed E-state index contributed by atoms with van der Waals surface area (Å²) in [4.78, 5) is 0. The van der Waals surface area contributed by atoms with Crippen LogP contribution in [0, 0.1) is 5.92 Å². The van der Waals surface area contributed by atoms with E-state index in [9.17, 15) is 5.11 Å². The molecule has 0 fully saturated rings. The van der Waals surface area contributed by atoms with Gasteiger partial charge in [0, 0.05) is 13.0 Å². The predicted octanol–water partition coefficient (Wildman–Crippen LogP) is 3.23. The number of ether oxygens (including phenoxy) is 2. The lowest BCUT2D eigenvalue weighted by atomic mass is 9.92. The first-order valence-electron chi connectivity index (χ1n) is 6.80. The fourth-order valence-corrected chi connectivity index (χ4v) is 1.72. The minimum absolute atomic E-state index is 0.539. The lowest BCUT2D eigenvalue weighted by molar-refractivity contribution is 0.0429. The van der Waals surface area contributed by atoms with Crippen molar-refractivity contribution < 1.29 is 14.6 Å². The van der Waals surface area contributed by atoms with Crippen LogP contribution in [0.15, 0.2) is 30.3 Å². The number of hydrogen-bond donors (Lipinski definition) is 1. The Hall–Kier alpha value is -1.06. The molecule has 1 unspecified atom stereocenters. The van der Waals surface area contributed by atoms with Crippen LogP contribution in [0.4, 0.5) is 0 Å². The maximum Gasteiger partial charge on any atom is 0.119 e. The van der Waals surface area contributed by atoms with Crippen LogP contribution in [0.3, 0.4) is 0 Å². The fraction of sp³-hybridized carbons (Fsp3) is 0.562. The Morgan fingerprint density at radius 1 is 1.21 bits per heavy atom. The summed E-state index contributed by atoms with van der Waals surface area (Å²) in [5, 5.41) is 10.0. The van der Waals surface area contributed by atoms with Crippen molar-refractivity contribution >= 4 is 0 Å². The van der Waals surface area contributed by atoms with E-state index in [4.69, 9.17) is 9.47 Å². The van der Waals surface area contributed by atoms with Gasteiger partial charge >= 0.3 is 0 Å². The van der Waals surface area contributed by atoms with Gasteiger partial charge in [-0.25, -0.2) is 0 Å². The molecule has 0 saturated carbocycles. The van der Waals surface area contributed by atoms with Crippen LogP contribution in [0.1, 0.15) is 33.1 Å². The number of para-hydroxylation sites is 1. The van der Waals surface area contributed by atoms with Crippen molar-refractivity contribution in [1.29, 1.82) is 0 Å². The predicted molar refractivity (Wildman–Crippen MR) is 77.2 cm³/mol. The van der Waals surface area contributed by atoms with E-state index in [0.29, 0.717) is 13.2 Å². The van der Waals surface area contributed by atoms with Crippen molar-refractivity contribution in [3.63, 3.8) is 0 Å². The van der Waals surface area contributed by atoms with Crippen molar-refractivity contribution in [1.82, 2.24) is 0 Å². The van der Waals surface area contributed by atoms with E-state index in [0.717, 1.165) is 25.0 Å². The van der Waals surface area contributed by atoms with Crippen molar-refractivity contribution in [3.8, 4) is 5.75 Å². The van der Waals surface area contributed by atoms with E-state index in [1.54, 1.807) is 7.11 Å². The van der Waals surface area contributed by atoms with Crippen LogP contribution in [-0.4, -0.2) is 31.0 Å². The average molecular weight is 265 g/mol. The molecule has 0 aliphatic carbocycles. The molecule has 19 heavy (non-hydrogen) atoms. The third-order valence-corrected chi connectivity index (χ3v) is 3.31. The van der Waals surface area contributed by atoms with E-state index in [2.05, 4.69) is 0 Å². The number of hydrogen-bond acceptors (Lipinski definition) is 3. The van der Waals surface area contributed by atoms with Gasteiger partial charge in [0.25, 0.3) is 0 Å². The second-order valence-corrected chi connectivity index (χ2v) is 5.14. The first-order chi connectivity index (χ1) is 9.07. The average Bonchev–Trinajstić information content (AvgIpc) is 2.43. The fourth-order valence-electron chi connectivity index (χ4n) is 1.72. The normalized spacial score (nSPS) is 14.4. The van der Waals surface area contributed by atoms with Gasteiger partial charge in [-0.15, -0.1) is 0 Å². The molecule has 0 spiro atoms. The first kappa shape index (κ1) is 16.0. The first-order valence-corrected chi connectivity index (χ1v) is 6.80. The summed E-state index contributed by atoms with van der Waals surface area (Å²) in [6.07, 6.45) is 2.31. The van der Waals surface area contributed by atoms with Crippen molar-refractivity contribution in [2.24, 2.45) is 0 Å². The monoisotopic (exact) mass is 265 g/mol. The Labute approximate surface area is 116 Å². The van der Waals surface area contributed by atoms with Gasteiger partial charge in [0.1, 0.15) is 5.75 Å². The SMILES string of the molecule is CCC(C)(O)CC[C](COC)COc1ccccc1. The molecule has 0 bridgehead atoms. The van der Waals surface area contributed by atoms with Crippen molar-refractivity contribution in [2.75, 3.05) is 20.3 Å². The molecule has 107 valence electrons. The molecule has 1 atom stereocenters. The molecule has 1 aromatic carbocycles. The Morgan fingerprint density at radius 2 is 1.89 bits per heavy atom. The van der Waals surface area contributed by atoms with Gasteiger partial charge in [-0.3, -0.25) is 0 Å². The van der Waals surface area contributed by atoms with Crippen LogP contribution in [0.25, 0.3) is 0 Å². The molecule has 0 amide bonds. The minimum Gasteiger partial charge on any atom is -0.493 e. The number of rotatable bonds is 9. The second-order valence-electron chi connectivity index (χ2n) is 5.14. The van der Waals surface area contributed by atoms with Crippen molar-refractivity contribution in [3.05, 3.63) is 36.2 Å². The highest BCUT2D eigenvalue weighted by Gasteiger charge is 2.20. The molecule has 1 aromatic rings. The molecule has 3 heteroatoms. The molecule has 0 aliphatic heterocycles. The van der Waals surface area contributed by atoms with Gasteiger partial charge < -0.3 is 14.6 Å². The van der Waals surface area contributed by atoms with Gasteiger partial charge in [-0.1, -0.05) is 25.1 Å². The zero-order chi connectivity index (χ0) is 14.1. The topological polar surface area (TPSA) is 38.7 Å². The summed E-state index contributed by atoms with van der Waals surface area (Å²) >= 11 is 0. The van der Waals surface area contributed by atoms with Crippen LogP contribution in [0.2, 0.25) is 0 Å². The van der Waals surface area contributed by atoms with Gasteiger partial charge in [-0.2, -0.15) is 0 Å². The van der Waals surface area contributed by atoms with Crippen LogP contribution >= 0.6 is 0 Å². The molecular weight excluding hydrogens is 240 g/mol. The zero-order valence-corrected chi connectivity index (χ0v) is 12.2. The summed E-state index contributed by atoms with van der Waals surface area (Å²) in [7, 11) is 1.68. The number of methoxy groups -OCH3 is 1. The molecule has 1 rings (SSSR count). The molecule has 0 aromatic heterocycles. The highest BCUT2D eigenvalue weighted by Crippen LogP contribution is 2.22. The van der Waals surface area contributed by atoms with E-state index in [1.807, 2.05) is 44.2 Å². The van der Waals surface area contributed by atoms with Crippen LogP contribution < -0.4 is 4.74 Å². The van der Waals surface area contributed by atoms with E-state index < -0.39 is 5.60 Å². The van der Waals surface area contributed by atoms with Gasteiger partial charge in [0.2, 0.25) is 0 Å².